The summed E-state index contributed by atoms with van der Waals surface area (Å²) < 4.78 is 16.4. The smallest absolute Gasteiger partial charge is 0.185 e. The first-order valence-corrected chi connectivity index (χ1v) is 12.4. The summed E-state index contributed by atoms with van der Waals surface area (Å²) in [5.41, 5.74) is 12.8. The van der Waals surface area contributed by atoms with Crippen molar-refractivity contribution in [1.82, 2.24) is 25.9 Å². The summed E-state index contributed by atoms with van der Waals surface area (Å²) in [7, 11) is 0. The number of aromatic nitrogens is 2. The zero-order valence-corrected chi connectivity index (χ0v) is 20.1. The Hall–Kier alpha value is -3.68. The maximum absolute atomic E-state index is 16.4. The SMILES string of the molecule is Fc1c(C2NNC(=S)N2Cc2ccccc2)sc2nnc(-c3ccccc3)c(C3C=C=CC=C3)c12. The highest BCUT2D eigenvalue weighted by molar-refractivity contribution is 7.80. The third kappa shape index (κ3) is 3.96. The van der Waals surface area contributed by atoms with Gasteiger partial charge in [-0.05, 0) is 29.9 Å². The van der Waals surface area contributed by atoms with E-state index in [9.17, 15) is 0 Å². The Kier molecular flexibility index (Phi) is 5.72. The molecule has 8 heteroatoms. The van der Waals surface area contributed by atoms with E-state index >= 15 is 4.39 Å². The molecule has 2 unspecified atom stereocenters. The molecule has 3 heterocycles. The Bertz CT molecular complexity index is 1510. The monoisotopic (exact) mass is 497 g/mol. The number of halogens is 1. The van der Waals surface area contributed by atoms with Gasteiger partial charge < -0.3 is 4.90 Å². The molecular weight excluding hydrogens is 477 g/mol. The molecule has 172 valence electrons. The van der Waals surface area contributed by atoms with Gasteiger partial charge in [0.15, 0.2) is 10.9 Å². The van der Waals surface area contributed by atoms with Crippen LogP contribution in [0.4, 0.5) is 4.39 Å². The van der Waals surface area contributed by atoms with Gasteiger partial charge in [0.1, 0.15) is 11.0 Å². The molecule has 0 spiro atoms. The normalized spacial score (nSPS) is 19.0. The molecule has 0 saturated carbocycles. The largest absolute Gasteiger partial charge is 0.322 e. The van der Waals surface area contributed by atoms with Gasteiger partial charge in [-0.1, -0.05) is 72.8 Å². The summed E-state index contributed by atoms with van der Waals surface area (Å²) >= 11 is 6.84. The van der Waals surface area contributed by atoms with Crippen molar-refractivity contribution < 1.29 is 4.39 Å². The van der Waals surface area contributed by atoms with Gasteiger partial charge in [0.2, 0.25) is 0 Å². The second kappa shape index (κ2) is 9.17. The summed E-state index contributed by atoms with van der Waals surface area (Å²) in [6.45, 7) is 0.546. The molecule has 5 nitrogen and oxygen atoms in total. The second-order valence-corrected chi connectivity index (χ2v) is 9.71. The standard InChI is InChI=1S/C27H20FN5S2/c28-22-21-20(18-12-6-2-7-13-18)23(19-14-8-3-9-15-19)29-31-26(21)35-24(22)25-30-32-27(34)33(25)16-17-10-4-1-5-11-17/h1-6,8-15,18,25,30H,16H2,(H,32,34). The number of hydrazine groups is 1. The fraction of sp³-hybridized carbons (Fsp3) is 0.111. The number of thiophene rings is 1. The zero-order valence-electron chi connectivity index (χ0n) is 18.5. The molecule has 1 aliphatic heterocycles. The predicted molar refractivity (Wildman–Crippen MR) is 141 cm³/mol. The maximum atomic E-state index is 16.4. The average Bonchev–Trinajstić information content (AvgIpc) is 3.44. The lowest BCUT2D eigenvalue weighted by molar-refractivity contribution is 0.307. The molecular formula is C27H20FN5S2. The highest BCUT2D eigenvalue weighted by Crippen LogP contribution is 2.42. The Morgan fingerprint density at radius 1 is 1.06 bits per heavy atom. The molecule has 6 rings (SSSR count). The van der Waals surface area contributed by atoms with Crippen LogP contribution in [-0.2, 0) is 6.54 Å². The van der Waals surface area contributed by atoms with E-state index in [4.69, 9.17) is 12.2 Å². The minimum atomic E-state index is -0.465. The first kappa shape index (κ1) is 21.8. The minimum absolute atomic E-state index is 0.165. The Morgan fingerprint density at radius 2 is 1.83 bits per heavy atom. The van der Waals surface area contributed by atoms with Crippen LogP contribution in [0.15, 0.2) is 90.7 Å². The van der Waals surface area contributed by atoms with Crippen LogP contribution in [0.3, 0.4) is 0 Å². The zero-order chi connectivity index (χ0) is 23.8. The number of hydrogen-bond acceptors (Lipinski definition) is 5. The summed E-state index contributed by atoms with van der Waals surface area (Å²) in [4.78, 5) is 3.03. The molecule has 0 bridgehead atoms. The molecule has 0 radical (unpaired) electrons. The molecule has 0 amide bonds. The van der Waals surface area contributed by atoms with Crippen LogP contribution < -0.4 is 10.9 Å². The summed E-state index contributed by atoms with van der Waals surface area (Å²) in [5.74, 6) is -0.466. The summed E-state index contributed by atoms with van der Waals surface area (Å²) in [5, 5.41) is 10.0. The number of nitrogens with one attached hydrogen (secondary N) is 2. The number of rotatable bonds is 5. The Labute approximate surface area is 211 Å². The van der Waals surface area contributed by atoms with Crippen LogP contribution in [-0.4, -0.2) is 20.2 Å². The molecule has 2 aromatic carbocycles. The van der Waals surface area contributed by atoms with Crippen LogP contribution in [0.25, 0.3) is 21.5 Å². The van der Waals surface area contributed by atoms with Crippen molar-refractivity contribution in [2.24, 2.45) is 0 Å². The lowest BCUT2D eigenvalue weighted by atomic mass is 9.90. The van der Waals surface area contributed by atoms with Gasteiger partial charge >= 0.3 is 0 Å². The summed E-state index contributed by atoms with van der Waals surface area (Å²) in [6, 6.07) is 19.8. The third-order valence-corrected chi connectivity index (χ3v) is 7.56. The molecule has 2 atom stereocenters. The lowest BCUT2D eigenvalue weighted by Gasteiger charge is -2.23. The number of thiocarbonyl (C=S) groups is 1. The van der Waals surface area contributed by atoms with Crippen molar-refractivity contribution in [2.45, 2.75) is 18.6 Å². The van der Waals surface area contributed by atoms with Crippen LogP contribution >= 0.6 is 23.6 Å². The van der Waals surface area contributed by atoms with Crippen molar-refractivity contribution in [3.8, 4) is 11.3 Å². The topological polar surface area (TPSA) is 53.1 Å². The van der Waals surface area contributed by atoms with E-state index < -0.39 is 6.17 Å². The number of hydrogen-bond donors (Lipinski definition) is 2. The molecule has 1 saturated heterocycles. The number of allylic oxidation sites excluding steroid dienone is 3. The molecule has 4 aromatic rings. The van der Waals surface area contributed by atoms with Crippen LogP contribution in [0.1, 0.15) is 28.1 Å². The second-order valence-electron chi connectivity index (χ2n) is 8.29. The van der Waals surface area contributed by atoms with Gasteiger partial charge in [0.05, 0.1) is 16.0 Å². The first-order chi connectivity index (χ1) is 17.2. The van der Waals surface area contributed by atoms with Crippen molar-refractivity contribution >= 4 is 38.9 Å². The van der Waals surface area contributed by atoms with Crippen molar-refractivity contribution in [3.63, 3.8) is 0 Å². The van der Waals surface area contributed by atoms with Crippen molar-refractivity contribution in [1.29, 1.82) is 0 Å². The fourth-order valence-electron chi connectivity index (χ4n) is 4.47. The summed E-state index contributed by atoms with van der Waals surface area (Å²) in [6.07, 6.45) is 7.27. The van der Waals surface area contributed by atoms with Gasteiger partial charge in [-0.15, -0.1) is 27.3 Å². The number of benzene rings is 2. The molecule has 2 aromatic heterocycles. The van der Waals surface area contributed by atoms with Crippen molar-refractivity contribution in [2.75, 3.05) is 0 Å². The molecule has 2 aliphatic rings. The maximum Gasteiger partial charge on any atom is 0.185 e. The van der Waals surface area contributed by atoms with Gasteiger partial charge in [0, 0.05) is 23.6 Å². The molecule has 1 fully saturated rings. The van der Waals surface area contributed by atoms with Crippen LogP contribution in [0, 0.1) is 5.82 Å². The third-order valence-electron chi connectivity index (χ3n) is 6.12. The van der Waals surface area contributed by atoms with Crippen molar-refractivity contribution in [3.05, 3.63) is 113 Å². The van der Waals surface area contributed by atoms with E-state index in [1.807, 2.05) is 89.9 Å². The first-order valence-electron chi connectivity index (χ1n) is 11.2. The predicted octanol–water partition coefficient (Wildman–Crippen LogP) is 5.76. The molecule has 1 aliphatic carbocycles. The van der Waals surface area contributed by atoms with Gasteiger partial charge in [0.25, 0.3) is 0 Å². The lowest BCUT2D eigenvalue weighted by Crippen LogP contribution is -2.29. The highest BCUT2D eigenvalue weighted by Gasteiger charge is 2.35. The van der Waals surface area contributed by atoms with E-state index in [-0.39, 0.29) is 11.7 Å². The van der Waals surface area contributed by atoms with E-state index in [2.05, 4.69) is 26.8 Å². The highest BCUT2D eigenvalue weighted by atomic mass is 32.1. The molecule has 2 N–H and O–H groups in total. The fourth-order valence-corrected chi connectivity index (χ4v) is 5.78. The van der Waals surface area contributed by atoms with Crippen LogP contribution in [0.5, 0.6) is 0 Å². The van der Waals surface area contributed by atoms with E-state index in [0.29, 0.717) is 32.4 Å². The van der Waals surface area contributed by atoms with Gasteiger partial charge in [-0.25, -0.2) is 9.82 Å². The van der Waals surface area contributed by atoms with E-state index in [0.717, 1.165) is 16.7 Å². The van der Waals surface area contributed by atoms with Gasteiger partial charge in [-0.2, -0.15) is 0 Å². The Morgan fingerprint density at radius 3 is 2.57 bits per heavy atom. The van der Waals surface area contributed by atoms with E-state index in [1.54, 1.807) is 0 Å². The molecule has 35 heavy (non-hydrogen) atoms. The minimum Gasteiger partial charge on any atom is -0.322 e. The number of nitrogens with zero attached hydrogens (tertiary/aromatic N) is 3. The average molecular weight is 498 g/mol. The van der Waals surface area contributed by atoms with Crippen LogP contribution in [0.2, 0.25) is 0 Å². The van der Waals surface area contributed by atoms with E-state index in [1.165, 1.54) is 11.3 Å². The van der Waals surface area contributed by atoms with Gasteiger partial charge in [-0.3, -0.25) is 5.43 Å². The quantitative estimate of drug-likeness (QED) is 0.270. The Balaban J connectivity index is 1.50. The number of fused-ring (bicyclic) bond motifs is 1.